The summed E-state index contributed by atoms with van der Waals surface area (Å²) < 4.78 is 0. The lowest BCUT2D eigenvalue weighted by Crippen LogP contribution is -1.89. The molecule has 0 aliphatic heterocycles. The highest BCUT2D eigenvalue weighted by molar-refractivity contribution is 6.38. The first-order valence-electron chi connectivity index (χ1n) is 14.9. The van der Waals surface area contributed by atoms with Crippen LogP contribution in [0, 0.1) is 13.8 Å². The largest absolute Gasteiger partial charge is 0.0617 e. The van der Waals surface area contributed by atoms with Crippen molar-refractivity contribution in [2.75, 3.05) is 0 Å². The standard InChI is InChI=1S/C42H26/c1-23-8-5-9-24(2)40(23)33-18-19-34-36-20-25-16-17-28-30-13-6-12-29-26-10-3-4-11-27(26)39(42(29)30)22-37(28)35(25)21-38(36)32-15-7-14-31(33)41(32)34/h3-22H,1-2H3. The molecule has 0 radical (unpaired) electrons. The molecule has 0 aromatic heterocycles. The van der Waals surface area contributed by atoms with Crippen molar-refractivity contribution >= 4 is 86.2 Å². The Kier molecular flexibility index (Phi) is 4.15. The molecule has 0 fully saturated rings. The fourth-order valence-corrected chi connectivity index (χ4v) is 8.22. The molecule has 0 atom stereocenters. The van der Waals surface area contributed by atoms with E-state index in [1.165, 1.54) is 108 Å². The van der Waals surface area contributed by atoms with Crippen molar-refractivity contribution in [3.05, 3.63) is 132 Å². The summed E-state index contributed by atoms with van der Waals surface area (Å²) in [6, 6.07) is 45.9. The van der Waals surface area contributed by atoms with Gasteiger partial charge in [-0.3, -0.25) is 0 Å². The van der Waals surface area contributed by atoms with Crippen LogP contribution in [0.4, 0.5) is 0 Å². The van der Waals surface area contributed by atoms with Gasteiger partial charge >= 0.3 is 0 Å². The summed E-state index contributed by atoms with van der Waals surface area (Å²) in [5, 5.41) is 21.6. The van der Waals surface area contributed by atoms with Crippen LogP contribution in [-0.2, 0) is 0 Å². The molecule has 0 saturated carbocycles. The minimum Gasteiger partial charge on any atom is -0.0617 e. The SMILES string of the molecule is Cc1cccc(C)c1-c1ccc2c3cc4ccc5c(cc6c7ccccc7c7cccc5c76)c4cc3c3cccc1c23. The first-order chi connectivity index (χ1) is 20.7. The molecule has 0 spiro atoms. The van der Waals surface area contributed by atoms with Crippen molar-refractivity contribution in [2.45, 2.75) is 13.8 Å². The van der Waals surface area contributed by atoms with Crippen LogP contribution in [0.2, 0.25) is 0 Å². The van der Waals surface area contributed by atoms with Crippen LogP contribution in [0.1, 0.15) is 11.1 Å². The molecule has 0 nitrogen and oxygen atoms in total. The first kappa shape index (κ1) is 22.5. The number of rotatable bonds is 1. The van der Waals surface area contributed by atoms with Gasteiger partial charge in [0.25, 0.3) is 0 Å². The van der Waals surface area contributed by atoms with E-state index in [1.807, 2.05) is 0 Å². The zero-order valence-corrected chi connectivity index (χ0v) is 23.5. The van der Waals surface area contributed by atoms with Crippen LogP contribution in [0.15, 0.2) is 121 Å². The Hall–Kier alpha value is -5.20. The minimum atomic E-state index is 1.30. The fraction of sp³-hybridized carbons (Fsp3) is 0.0476. The van der Waals surface area contributed by atoms with Crippen molar-refractivity contribution in [1.82, 2.24) is 0 Å². The molecule has 0 unspecified atom stereocenters. The number of hydrogen-bond acceptors (Lipinski definition) is 0. The summed E-state index contributed by atoms with van der Waals surface area (Å²) in [6.07, 6.45) is 0. The molecule has 0 aliphatic carbocycles. The Morgan fingerprint density at radius 2 is 0.786 bits per heavy atom. The third-order valence-electron chi connectivity index (χ3n) is 9.99. The van der Waals surface area contributed by atoms with Crippen molar-refractivity contribution in [3.8, 4) is 11.1 Å². The Morgan fingerprint density at radius 3 is 1.55 bits per heavy atom. The zero-order valence-electron chi connectivity index (χ0n) is 23.5. The summed E-state index contributed by atoms with van der Waals surface area (Å²) in [7, 11) is 0. The van der Waals surface area contributed by atoms with Crippen LogP contribution in [0.3, 0.4) is 0 Å². The van der Waals surface area contributed by atoms with E-state index in [0.29, 0.717) is 0 Å². The lowest BCUT2D eigenvalue weighted by atomic mass is 9.91. The molecule has 194 valence electrons. The highest BCUT2D eigenvalue weighted by atomic mass is 14.2. The molecule has 10 aromatic rings. The number of aryl methyl sites for hydroxylation is 2. The predicted molar refractivity (Wildman–Crippen MR) is 184 cm³/mol. The molecule has 0 heterocycles. The van der Waals surface area contributed by atoms with Crippen LogP contribution in [-0.4, -0.2) is 0 Å². The Morgan fingerprint density at radius 1 is 0.310 bits per heavy atom. The lowest BCUT2D eigenvalue weighted by molar-refractivity contribution is 1.39. The van der Waals surface area contributed by atoms with E-state index >= 15 is 0 Å². The van der Waals surface area contributed by atoms with Crippen LogP contribution >= 0.6 is 0 Å². The van der Waals surface area contributed by atoms with E-state index in [1.54, 1.807) is 0 Å². The summed E-state index contributed by atoms with van der Waals surface area (Å²) in [6.45, 7) is 4.46. The van der Waals surface area contributed by atoms with Gasteiger partial charge < -0.3 is 0 Å². The van der Waals surface area contributed by atoms with Crippen molar-refractivity contribution in [1.29, 1.82) is 0 Å². The molecule has 10 rings (SSSR count). The van der Waals surface area contributed by atoms with Crippen molar-refractivity contribution in [3.63, 3.8) is 0 Å². The van der Waals surface area contributed by atoms with Gasteiger partial charge in [-0.25, -0.2) is 0 Å². The average Bonchev–Trinajstić information content (AvgIpc) is 3.51. The second-order valence-electron chi connectivity index (χ2n) is 12.1. The van der Waals surface area contributed by atoms with Gasteiger partial charge in [-0.15, -0.1) is 0 Å². The molecule has 10 aromatic carbocycles. The highest BCUT2D eigenvalue weighted by Crippen LogP contribution is 2.47. The third-order valence-corrected chi connectivity index (χ3v) is 9.99. The molecule has 42 heavy (non-hydrogen) atoms. The predicted octanol–water partition coefficient (Wildman–Crippen LogP) is 12.1. The summed E-state index contributed by atoms with van der Waals surface area (Å²) in [5.41, 5.74) is 5.35. The molecule has 0 saturated heterocycles. The molecule has 0 amide bonds. The number of fused-ring (bicyclic) bond motifs is 10. The van der Waals surface area contributed by atoms with Gasteiger partial charge in [0.1, 0.15) is 0 Å². The van der Waals surface area contributed by atoms with E-state index in [0.717, 1.165) is 0 Å². The molecule has 0 bridgehead atoms. The van der Waals surface area contributed by atoms with Crippen LogP contribution < -0.4 is 0 Å². The average molecular weight is 531 g/mol. The molecule has 0 aliphatic rings. The van der Waals surface area contributed by atoms with Gasteiger partial charge in [0.15, 0.2) is 0 Å². The van der Waals surface area contributed by atoms with E-state index in [-0.39, 0.29) is 0 Å². The third kappa shape index (κ3) is 2.68. The quantitative estimate of drug-likeness (QED) is 0.185. The van der Waals surface area contributed by atoms with Gasteiger partial charge in [0.05, 0.1) is 0 Å². The maximum absolute atomic E-state index is 2.48. The summed E-state index contributed by atoms with van der Waals surface area (Å²) in [5.74, 6) is 0. The zero-order chi connectivity index (χ0) is 27.7. The Labute approximate surface area is 243 Å². The highest BCUT2D eigenvalue weighted by Gasteiger charge is 2.19. The van der Waals surface area contributed by atoms with Crippen LogP contribution in [0.5, 0.6) is 0 Å². The molecule has 0 N–H and O–H groups in total. The summed E-state index contributed by atoms with van der Waals surface area (Å²) >= 11 is 0. The molecular weight excluding hydrogens is 504 g/mol. The number of benzene rings is 8. The van der Waals surface area contributed by atoms with Gasteiger partial charge in [-0.05, 0) is 140 Å². The van der Waals surface area contributed by atoms with Crippen molar-refractivity contribution in [2.24, 2.45) is 0 Å². The van der Waals surface area contributed by atoms with Gasteiger partial charge in [0, 0.05) is 0 Å². The van der Waals surface area contributed by atoms with E-state index in [2.05, 4.69) is 135 Å². The molecular formula is C42H26. The van der Waals surface area contributed by atoms with Gasteiger partial charge in [-0.1, -0.05) is 103 Å². The fourth-order valence-electron chi connectivity index (χ4n) is 8.22. The number of hydrogen-bond donors (Lipinski definition) is 0. The Bertz CT molecular complexity index is 2720. The summed E-state index contributed by atoms with van der Waals surface area (Å²) in [4.78, 5) is 0. The van der Waals surface area contributed by atoms with Crippen LogP contribution in [0.25, 0.3) is 97.3 Å². The maximum Gasteiger partial charge on any atom is -0.00199 e. The minimum absolute atomic E-state index is 1.30. The first-order valence-corrected chi connectivity index (χ1v) is 14.9. The van der Waals surface area contributed by atoms with E-state index in [4.69, 9.17) is 0 Å². The van der Waals surface area contributed by atoms with E-state index < -0.39 is 0 Å². The monoisotopic (exact) mass is 530 g/mol. The normalized spacial score (nSPS) is 12.5. The Balaban J connectivity index is 1.36. The lowest BCUT2D eigenvalue weighted by Gasteiger charge is -2.13. The second-order valence-corrected chi connectivity index (χ2v) is 12.1. The molecule has 0 heteroatoms. The maximum atomic E-state index is 2.48. The van der Waals surface area contributed by atoms with Crippen molar-refractivity contribution < 1.29 is 0 Å². The van der Waals surface area contributed by atoms with E-state index in [9.17, 15) is 0 Å². The topological polar surface area (TPSA) is 0 Å². The second kappa shape index (κ2) is 7.75. The van der Waals surface area contributed by atoms with Gasteiger partial charge in [0.2, 0.25) is 0 Å². The smallest absolute Gasteiger partial charge is 0.00199 e. The van der Waals surface area contributed by atoms with Gasteiger partial charge in [-0.2, -0.15) is 0 Å².